The lowest BCUT2D eigenvalue weighted by Gasteiger charge is -2.53. The van der Waals surface area contributed by atoms with Gasteiger partial charge in [0.25, 0.3) is 5.91 Å². The van der Waals surface area contributed by atoms with Crippen LogP contribution >= 0.6 is 24.0 Å². The van der Waals surface area contributed by atoms with Gasteiger partial charge in [0, 0.05) is 62.3 Å². The molecule has 0 bridgehead atoms. The summed E-state index contributed by atoms with van der Waals surface area (Å²) in [6.07, 6.45) is 12.9. The van der Waals surface area contributed by atoms with Crippen molar-refractivity contribution in [1.29, 1.82) is 5.26 Å². The van der Waals surface area contributed by atoms with Crippen LogP contribution in [0.3, 0.4) is 0 Å². The Labute approximate surface area is 355 Å². The van der Waals surface area contributed by atoms with Gasteiger partial charge in [-0.25, -0.2) is 4.79 Å². The van der Waals surface area contributed by atoms with Crippen molar-refractivity contribution < 1.29 is 19.1 Å². The van der Waals surface area contributed by atoms with Crippen molar-refractivity contribution in [3.63, 3.8) is 0 Å². The molecule has 3 saturated heterocycles. The predicted molar refractivity (Wildman–Crippen MR) is 228 cm³/mol. The number of benzene rings is 2. The molecule has 0 unspecified atom stereocenters. The predicted octanol–water partition coefficient (Wildman–Crippen LogP) is 7.28. The van der Waals surface area contributed by atoms with E-state index in [1.165, 1.54) is 25.7 Å². The highest BCUT2D eigenvalue weighted by Gasteiger charge is 2.47. The summed E-state index contributed by atoms with van der Waals surface area (Å²) < 4.78 is 8.50. The average molecular weight is 841 g/mol. The molecule has 2 aromatic carbocycles. The van der Waals surface area contributed by atoms with Crippen LogP contribution in [0.1, 0.15) is 92.7 Å². The molecule has 5 heterocycles. The highest BCUT2D eigenvalue weighted by molar-refractivity contribution is 6.31. The van der Waals surface area contributed by atoms with E-state index in [2.05, 4.69) is 59.6 Å². The van der Waals surface area contributed by atoms with Crippen molar-refractivity contribution in [2.75, 3.05) is 49.1 Å². The summed E-state index contributed by atoms with van der Waals surface area (Å²) in [5.41, 5.74) is 3.21. The van der Waals surface area contributed by atoms with E-state index in [1.54, 1.807) is 29.2 Å². The second-order valence-corrected chi connectivity index (χ2v) is 17.5. The Hall–Kier alpha value is -4.90. The number of anilines is 2. The fourth-order valence-corrected chi connectivity index (χ4v) is 10.2. The van der Waals surface area contributed by atoms with Crippen molar-refractivity contribution in [1.82, 2.24) is 30.3 Å². The molecule has 9 rings (SSSR count). The number of aromatic nitrogens is 3. The van der Waals surface area contributed by atoms with E-state index in [1.807, 2.05) is 18.2 Å². The molecule has 5 fully saturated rings. The van der Waals surface area contributed by atoms with Gasteiger partial charge >= 0.3 is 6.03 Å². The molecule has 4 aromatic rings. The molecule has 2 aliphatic carbocycles. The third-order valence-corrected chi connectivity index (χ3v) is 13.8. The van der Waals surface area contributed by atoms with E-state index in [0.717, 1.165) is 93.7 Å². The van der Waals surface area contributed by atoms with Crippen LogP contribution in [0.4, 0.5) is 16.3 Å². The zero-order valence-electron chi connectivity index (χ0n) is 33.2. The largest absolute Gasteiger partial charge is 0.490 e. The molecule has 13 nitrogen and oxygen atoms in total. The number of hydrogen-bond acceptors (Lipinski definition) is 9. The minimum absolute atomic E-state index is 0. The highest BCUT2D eigenvalue weighted by atomic mass is 35.5. The number of likely N-dealkylation sites (tertiary alicyclic amines) is 1. The number of halogens is 2. The number of hydrogen-bond donors (Lipinski definition) is 2. The quantitative estimate of drug-likeness (QED) is 0.178. The Bertz CT molecular complexity index is 2210. The fourth-order valence-electron chi connectivity index (χ4n) is 10.0. The Morgan fingerprint density at radius 3 is 2.42 bits per heavy atom. The molecule has 1 spiro atoms. The first-order chi connectivity index (χ1) is 28.2. The summed E-state index contributed by atoms with van der Waals surface area (Å²) in [6, 6.07) is 19.4. The molecule has 3 aliphatic heterocycles. The molecule has 2 aromatic heterocycles. The minimum atomic E-state index is -0.341. The standard InChI is InChI=1S/C44H50ClN9O4.ClH/c45-36-24-34(7-4-30(36)27-46)58-33-8-5-31(6-9-33)47-42(56)37-10-11-40(50-49-37)52-18-12-29(13-19-52)28-51-22-16-44(17-23-51)25-32(26-44)53-20-14-35-38(53)2-1-3-39(35)54-21-15-41(55)48-43(54)57;/h1-4,7,10-11,14,20,24,29,31-33H,5-6,8-9,12-13,15-19,21-23,25-26,28H2,(H,47,56)(H,48,55,57);1H/t31-,33-;. The summed E-state index contributed by atoms with van der Waals surface area (Å²) in [4.78, 5) is 44.0. The van der Waals surface area contributed by atoms with Crippen molar-refractivity contribution in [2.24, 2.45) is 11.3 Å². The number of amides is 4. The number of nitrogens with one attached hydrogen (secondary N) is 2. The van der Waals surface area contributed by atoms with E-state index < -0.39 is 0 Å². The van der Waals surface area contributed by atoms with Crippen LogP contribution in [0.2, 0.25) is 5.02 Å². The molecule has 15 heteroatoms. The number of carbonyl (C=O) groups excluding carboxylic acids is 3. The van der Waals surface area contributed by atoms with Gasteiger partial charge in [-0.2, -0.15) is 5.26 Å². The topological polar surface area (TPSA) is 149 Å². The lowest BCUT2D eigenvalue weighted by Crippen LogP contribution is -2.49. The Kier molecular flexibility index (Phi) is 12.0. The number of piperidine rings is 2. The SMILES string of the molecule is Cl.N#Cc1ccc(O[C@H]2CC[C@H](NC(=O)c3ccc(N4CCC(CN5CCC6(CC5)CC(n5ccc7c(N8CCC(=O)NC8=O)cccc75)C6)CC4)nn3)CC2)cc1Cl. The third-order valence-electron chi connectivity index (χ3n) is 13.4. The zero-order valence-corrected chi connectivity index (χ0v) is 34.7. The summed E-state index contributed by atoms with van der Waals surface area (Å²) in [5, 5.41) is 24.9. The van der Waals surface area contributed by atoms with E-state index in [0.29, 0.717) is 52.4 Å². The van der Waals surface area contributed by atoms with Gasteiger partial charge in [0.2, 0.25) is 5.91 Å². The van der Waals surface area contributed by atoms with Crippen LogP contribution in [0.5, 0.6) is 5.75 Å². The first-order valence-electron chi connectivity index (χ1n) is 20.9. The van der Waals surface area contributed by atoms with Gasteiger partial charge in [-0.3, -0.25) is 19.8 Å². The second kappa shape index (κ2) is 17.4. The lowest BCUT2D eigenvalue weighted by atomic mass is 9.60. The molecular formula is C44H51Cl2N9O4. The normalized spacial score (nSPS) is 22.6. The van der Waals surface area contributed by atoms with Crippen LogP contribution < -0.4 is 25.2 Å². The van der Waals surface area contributed by atoms with Crippen LogP contribution in [-0.4, -0.2) is 88.9 Å². The molecular weight excluding hydrogens is 789 g/mol. The fraction of sp³-hybridized carbons (Fsp3) is 0.500. The zero-order chi connectivity index (χ0) is 39.8. The Morgan fingerprint density at radius 1 is 0.949 bits per heavy atom. The molecule has 2 N–H and O–H groups in total. The van der Waals surface area contributed by atoms with Gasteiger partial charge in [-0.1, -0.05) is 17.7 Å². The van der Waals surface area contributed by atoms with Gasteiger partial charge in [-0.15, -0.1) is 22.6 Å². The van der Waals surface area contributed by atoms with Crippen LogP contribution in [0.15, 0.2) is 60.8 Å². The van der Waals surface area contributed by atoms with E-state index in [9.17, 15) is 14.4 Å². The number of nitriles is 1. The van der Waals surface area contributed by atoms with E-state index >= 15 is 0 Å². The first-order valence-corrected chi connectivity index (χ1v) is 21.3. The van der Waals surface area contributed by atoms with Crippen LogP contribution in [-0.2, 0) is 4.79 Å². The van der Waals surface area contributed by atoms with Crippen LogP contribution in [0.25, 0.3) is 10.9 Å². The van der Waals surface area contributed by atoms with Gasteiger partial charge in [-0.05, 0) is 131 Å². The monoisotopic (exact) mass is 839 g/mol. The number of carbonyl (C=O) groups is 3. The van der Waals surface area contributed by atoms with Crippen molar-refractivity contribution >= 4 is 64.3 Å². The maximum atomic E-state index is 13.0. The van der Waals surface area contributed by atoms with Crippen LogP contribution in [0, 0.1) is 22.7 Å². The molecule has 59 heavy (non-hydrogen) atoms. The maximum Gasteiger partial charge on any atom is 0.328 e. The van der Waals surface area contributed by atoms with E-state index in [4.69, 9.17) is 21.6 Å². The van der Waals surface area contributed by atoms with Crippen molar-refractivity contribution in [3.05, 3.63) is 77.1 Å². The summed E-state index contributed by atoms with van der Waals surface area (Å²) in [5.74, 6) is 1.74. The molecule has 2 saturated carbocycles. The third kappa shape index (κ3) is 8.72. The number of fused-ring (bicyclic) bond motifs is 1. The van der Waals surface area contributed by atoms with Gasteiger partial charge in [0.05, 0.1) is 27.9 Å². The van der Waals surface area contributed by atoms with Gasteiger partial charge in [0.1, 0.15) is 11.8 Å². The molecule has 0 atom stereocenters. The Balaban J connectivity index is 0.00000484. The average Bonchev–Trinajstić information content (AvgIpc) is 3.66. The molecule has 5 aliphatic rings. The summed E-state index contributed by atoms with van der Waals surface area (Å²) in [6.45, 7) is 5.75. The maximum absolute atomic E-state index is 13.0. The van der Waals surface area contributed by atoms with Crippen molar-refractivity contribution in [2.45, 2.75) is 88.8 Å². The molecule has 4 amide bonds. The second-order valence-electron chi connectivity index (χ2n) is 17.1. The molecule has 0 radical (unpaired) electrons. The minimum Gasteiger partial charge on any atom is -0.490 e. The number of ether oxygens (including phenoxy) is 1. The number of nitrogens with zero attached hydrogens (tertiary/aromatic N) is 7. The first kappa shape index (κ1) is 40.9. The molecule has 310 valence electrons. The highest BCUT2D eigenvalue weighted by Crippen LogP contribution is 2.55. The van der Waals surface area contributed by atoms with E-state index in [-0.39, 0.29) is 42.4 Å². The number of imide groups is 1. The summed E-state index contributed by atoms with van der Waals surface area (Å²) >= 11 is 6.16. The van der Waals surface area contributed by atoms with Gasteiger partial charge < -0.3 is 24.4 Å². The number of rotatable bonds is 9. The lowest BCUT2D eigenvalue weighted by molar-refractivity contribution is -0.120. The van der Waals surface area contributed by atoms with Gasteiger partial charge in [0.15, 0.2) is 11.5 Å². The Morgan fingerprint density at radius 2 is 1.73 bits per heavy atom. The smallest absolute Gasteiger partial charge is 0.328 e. The number of urea groups is 1. The summed E-state index contributed by atoms with van der Waals surface area (Å²) in [7, 11) is 0. The van der Waals surface area contributed by atoms with Crippen molar-refractivity contribution in [3.8, 4) is 11.8 Å².